The summed E-state index contributed by atoms with van der Waals surface area (Å²) in [6.45, 7) is 1.63. The highest BCUT2D eigenvalue weighted by molar-refractivity contribution is 7.47. The Bertz CT molecular complexity index is 1240. The first kappa shape index (κ1) is 54.8. The largest absolute Gasteiger partial charge is 0.472 e. The molecule has 0 bridgehead atoms. The summed E-state index contributed by atoms with van der Waals surface area (Å²) in [7, 11) is -9.69. The number of carbonyl (C=O) groups is 2. The number of aliphatic hydroxyl groups excluding tert-OH is 1. The molecule has 0 fully saturated rings. The minimum absolute atomic E-state index is 0.105. The zero-order valence-electron chi connectivity index (χ0n) is 34.7. The van der Waals surface area contributed by atoms with E-state index in [0.29, 0.717) is 12.8 Å². The van der Waals surface area contributed by atoms with E-state index in [1.165, 1.54) is 38.5 Å². The SMILES string of the molecule is CCCCCC=CCC=CCC=CCCCCC(=O)OCC(COP(=O)(O)OCC(O)COP(=O)(O)O)OC(=O)CCCCCCCC=CCC=CCCCCC. The molecule has 0 aromatic carbocycles. The Labute approximate surface area is 342 Å². The third-order valence-electron chi connectivity index (χ3n) is 8.37. The molecule has 0 aliphatic rings. The van der Waals surface area contributed by atoms with Crippen molar-refractivity contribution >= 4 is 27.6 Å². The van der Waals surface area contributed by atoms with E-state index in [1.807, 2.05) is 0 Å². The van der Waals surface area contributed by atoms with Crippen LogP contribution in [0.25, 0.3) is 0 Å². The van der Waals surface area contributed by atoms with Crippen LogP contribution in [0.5, 0.6) is 0 Å². The normalized spacial score (nSPS) is 14.7. The molecule has 3 unspecified atom stereocenters. The molecule has 0 rings (SSSR count). The molecular weight excluding hydrogens is 774 g/mol. The molecule has 13 nitrogen and oxygen atoms in total. The molecule has 0 saturated heterocycles. The van der Waals surface area contributed by atoms with E-state index in [0.717, 1.165) is 77.0 Å². The average molecular weight is 849 g/mol. The number of phosphoric acid groups is 2. The molecule has 0 aliphatic heterocycles. The summed E-state index contributed by atoms with van der Waals surface area (Å²) in [6, 6.07) is 0. The maximum atomic E-state index is 12.6. The number of carbonyl (C=O) groups excluding carboxylic acids is 2. The van der Waals surface area contributed by atoms with Gasteiger partial charge in [-0.1, -0.05) is 120 Å². The Kier molecular flexibility index (Phi) is 36.6. The van der Waals surface area contributed by atoms with Gasteiger partial charge in [0.15, 0.2) is 6.10 Å². The fourth-order valence-electron chi connectivity index (χ4n) is 5.15. The van der Waals surface area contributed by atoms with Gasteiger partial charge in [-0.15, -0.1) is 0 Å². The number of allylic oxidation sites excluding steroid dienone is 10. The monoisotopic (exact) mass is 848 g/mol. The van der Waals surface area contributed by atoms with Crippen molar-refractivity contribution in [2.24, 2.45) is 0 Å². The van der Waals surface area contributed by atoms with E-state index in [9.17, 15) is 28.7 Å². The van der Waals surface area contributed by atoms with Crippen LogP contribution in [0.3, 0.4) is 0 Å². The lowest BCUT2D eigenvalue weighted by Crippen LogP contribution is -2.30. The quantitative estimate of drug-likeness (QED) is 0.0198. The summed E-state index contributed by atoms with van der Waals surface area (Å²) in [5.41, 5.74) is 0. The maximum absolute atomic E-state index is 12.6. The molecule has 0 aromatic heterocycles. The molecule has 4 N–H and O–H groups in total. The number of hydrogen-bond acceptors (Lipinski definition) is 10. The molecule has 0 spiro atoms. The van der Waals surface area contributed by atoms with Crippen LogP contribution in [-0.4, -0.2) is 70.4 Å². The second-order valence-electron chi connectivity index (χ2n) is 13.9. The van der Waals surface area contributed by atoms with E-state index >= 15 is 0 Å². The van der Waals surface area contributed by atoms with Crippen molar-refractivity contribution in [3.63, 3.8) is 0 Å². The first-order valence-corrected chi connectivity index (χ1v) is 24.0. The highest BCUT2D eigenvalue weighted by Crippen LogP contribution is 2.43. The minimum atomic E-state index is -4.87. The second-order valence-corrected chi connectivity index (χ2v) is 16.6. The smallest absolute Gasteiger partial charge is 0.462 e. The van der Waals surface area contributed by atoms with Crippen molar-refractivity contribution in [2.75, 3.05) is 26.4 Å². The number of hydrogen-bond donors (Lipinski definition) is 4. The maximum Gasteiger partial charge on any atom is 0.472 e. The van der Waals surface area contributed by atoms with Crippen molar-refractivity contribution in [3.8, 4) is 0 Å². The van der Waals surface area contributed by atoms with Gasteiger partial charge in [0, 0.05) is 12.8 Å². The van der Waals surface area contributed by atoms with Crippen LogP contribution in [0, 0.1) is 0 Å². The van der Waals surface area contributed by atoms with Crippen LogP contribution >= 0.6 is 15.6 Å². The van der Waals surface area contributed by atoms with Gasteiger partial charge < -0.3 is 29.3 Å². The number of ether oxygens (including phenoxy) is 2. The van der Waals surface area contributed by atoms with Crippen molar-refractivity contribution in [3.05, 3.63) is 60.8 Å². The van der Waals surface area contributed by atoms with Gasteiger partial charge in [-0.25, -0.2) is 9.13 Å². The fourth-order valence-corrected chi connectivity index (χ4v) is 6.30. The van der Waals surface area contributed by atoms with Crippen LogP contribution in [0.15, 0.2) is 60.8 Å². The topological polar surface area (TPSA) is 195 Å². The van der Waals surface area contributed by atoms with Crippen LogP contribution in [-0.2, 0) is 41.8 Å². The van der Waals surface area contributed by atoms with Gasteiger partial charge in [0.25, 0.3) is 0 Å². The predicted octanol–water partition coefficient (Wildman–Crippen LogP) is 10.4. The van der Waals surface area contributed by atoms with Crippen LogP contribution in [0.4, 0.5) is 0 Å². The predicted molar refractivity (Wildman–Crippen MR) is 225 cm³/mol. The second kappa shape index (κ2) is 38.0. The molecule has 0 aromatic rings. The van der Waals surface area contributed by atoms with Gasteiger partial charge >= 0.3 is 27.6 Å². The van der Waals surface area contributed by atoms with Crippen molar-refractivity contribution in [2.45, 2.75) is 167 Å². The molecule has 57 heavy (non-hydrogen) atoms. The Morgan fingerprint density at radius 2 is 0.912 bits per heavy atom. The lowest BCUT2D eigenvalue weighted by Gasteiger charge is -2.20. The number of rotatable bonds is 39. The van der Waals surface area contributed by atoms with E-state index in [2.05, 4.69) is 83.7 Å². The summed E-state index contributed by atoms with van der Waals surface area (Å²) in [6.07, 6.45) is 39.3. The van der Waals surface area contributed by atoms with Crippen LogP contribution in [0.2, 0.25) is 0 Å². The number of esters is 2. The zero-order valence-corrected chi connectivity index (χ0v) is 36.5. The summed E-state index contributed by atoms with van der Waals surface area (Å²) in [5, 5.41) is 9.73. The first-order chi connectivity index (χ1) is 27.4. The molecular formula is C42H74O13P2. The van der Waals surface area contributed by atoms with E-state index < -0.39 is 66.2 Å². The van der Waals surface area contributed by atoms with Gasteiger partial charge in [0.1, 0.15) is 12.7 Å². The Hall–Kier alpha value is -2.18. The molecule has 0 aliphatic carbocycles. The summed E-state index contributed by atoms with van der Waals surface area (Å²) < 4.78 is 47.7. The Balaban J connectivity index is 4.64. The zero-order chi connectivity index (χ0) is 42.3. The van der Waals surface area contributed by atoms with Crippen LogP contribution in [0.1, 0.15) is 155 Å². The Morgan fingerprint density at radius 1 is 0.509 bits per heavy atom. The molecule has 0 amide bonds. The van der Waals surface area contributed by atoms with Crippen LogP contribution < -0.4 is 0 Å². The number of aliphatic hydroxyl groups is 1. The first-order valence-electron chi connectivity index (χ1n) is 21.0. The van der Waals surface area contributed by atoms with E-state index in [4.69, 9.17) is 23.8 Å². The molecule has 0 saturated carbocycles. The lowest BCUT2D eigenvalue weighted by molar-refractivity contribution is -0.161. The molecule has 3 atom stereocenters. The molecule has 15 heteroatoms. The van der Waals surface area contributed by atoms with Gasteiger partial charge in [-0.2, -0.15) is 0 Å². The molecule has 0 heterocycles. The summed E-state index contributed by atoms with van der Waals surface area (Å²) in [5.74, 6) is -1.10. The number of phosphoric ester groups is 2. The number of unbranched alkanes of at least 4 members (excludes halogenated alkanes) is 13. The summed E-state index contributed by atoms with van der Waals surface area (Å²) >= 11 is 0. The van der Waals surface area contributed by atoms with E-state index in [1.54, 1.807) is 0 Å². The highest BCUT2D eigenvalue weighted by atomic mass is 31.2. The van der Waals surface area contributed by atoms with Crippen molar-refractivity contribution in [1.82, 2.24) is 0 Å². The lowest BCUT2D eigenvalue weighted by atomic mass is 10.1. The molecule has 0 radical (unpaired) electrons. The van der Waals surface area contributed by atoms with Crippen molar-refractivity contribution in [1.29, 1.82) is 0 Å². The van der Waals surface area contributed by atoms with Gasteiger partial charge in [-0.3, -0.25) is 23.2 Å². The third-order valence-corrected chi connectivity index (χ3v) is 9.81. The average Bonchev–Trinajstić information content (AvgIpc) is 3.17. The van der Waals surface area contributed by atoms with E-state index in [-0.39, 0.29) is 12.8 Å². The van der Waals surface area contributed by atoms with Gasteiger partial charge in [0.05, 0.1) is 19.8 Å². The minimum Gasteiger partial charge on any atom is -0.462 e. The highest BCUT2D eigenvalue weighted by Gasteiger charge is 2.28. The molecule has 330 valence electrons. The summed E-state index contributed by atoms with van der Waals surface area (Å²) in [4.78, 5) is 52.6. The Morgan fingerprint density at radius 3 is 1.44 bits per heavy atom. The standard InChI is InChI=1S/C42H74O13P2/c1-3-5-7-9-11-13-15-17-19-21-23-25-27-29-31-33-41(44)51-37-40(38-54-57(49,50)53-36-39(43)35-52-56(46,47)48)55-42(45)34-32-30-28-26-24-22-20-18-16-14-12-10-8-6-4-2/h11-14,17-20,23,25,39-40,43H,3-10,15-16,21-22,24,26-38H2,1-2H3,(H,49,50)(H2,46,47,48). The van der Waals surface area contributed by atoms with Crippen molar-refractivity contribution < 1.29 is 61.6 Å². The van der Waals surface area contributed by atoms with Gasteiger partial charge in [0.2, 0.25) is 0 Å². The van der Waals surface area contributed by atoms with Gasteiger partial charge in [-0.05, 0) is 83.5 Å². The fraction of sp³-hybridized carbons (Fsp3) is 0.714. The third kappa shape index (κ3) is 41.8.